The van der Waals surface area contributed by atoms with Crippen molar-refractivity contribution in [2.45, 2.75) is 18.6 Å². The number of nitrogens with zero attached hydrogens (tertiary/aromatic N) is 1. The van der Waals surface area contributed by atoms with E-state index in [0.29, 0.717) is 5.69 Å². The van der Waals surface area contributed by atoms with Gasteiger partial charge in [-0.1, -0.05) is 0 Å². The summed E-state index contributed by atoms with van der Waals surface area (Å²) in [7, 11) is 0. The molecule has 1 heterocycles. The number of hydrogen-bond acceptors (Lipinski definition) is 5. The van der Waals surface area contributed by atoms with Gasteiger partial charge < -0.3 is 21.7 Å². The van der Waals surface area contributed by atoms with E-state index in [0.717, 1.165) is 0 Å². The van der Waals surface area contributed by atoms with Gasteiger partial charge >= 0.3 is 0 Å². The Morgan fingerprint density at radius 3 is 2.73 bits per heavy atom. The number of aromatic nitrogens is 1. The van der Waals surface area contributed by atoms with Gasteiger partial charge in [-0.25, -0.2) is 0 Å². The molecule has 0 fully saturated rings. The van der Waals surface area contributed by atoms with Crippen molar-refractivity contribution in [1.82, 2.24) is 4.98 Å². The van der Waals surface area contributed by atoms with Gasteiger partial charge in [0.05, 0.1) is 18.2 Å². The second-order valence-corrected chi connectivity index (χ2v) is 3.20. The van der Waals surface area contributed by atoms with Gasteiger partial charge in [0.1, 0.15) is 6.10 Å². The highest BCUT2D eigenvalue weighted by Crippen LogP contribution is 2.18. The zero-order chi connectivity index (χ0) is 11.4. The molecule has 1 amide bonds. The lowest BCUT2D eigenvalue weighted by Crippen LogP contribution is -2.26. The number of anilines is 1. The van der Waals surface area contributed by atoms with Gasteiger partial charge in [0.2, 0.25) is 5.91 Å². The van der Waals surface area contributed by atoms with Gasteiger partial charge in [0.25, 0.3) is 0 Å². The maximum atomic E-state index is 10.5. The Kier molecular flexibility index (Phi) is 3.59. The molecule has 1 aromatic rings. The highest BCUT2D eigenvalue weighted by atomic mass is 16.3. The molecule has 0 saturated heterocycles. The number of nitrogens with two attached hydrogens (primary N) is 2. The van der Waals surface area contributed by atoms with Crippen LogP contribution in [0.5, 0.6) is 0 Å². The zero-order valence-electron chi connectivity index (χ0n) is 8.00. The summed E-state index contributed by atoms with van der Waals surface area (Å²) in [6.45, 7) is 0. The first kappa shape index (κ1) is 11.4. The number of nitrogen functional groups attached to an aromatic ring is 1. The van der Waals surface area contributed by atoms with E-state index in [1.807, 2.05) is 0 Å². The van der Waals surface area contributed by atoms with Gasteiger partial charge in [-0.05, 0) is 12.1 Å². The van der Waals surface area contributed by atoms with Crippen molar-refractivity contribution in [3.8, 4) is 0 Å². The Hall–Kier alpha value is -1.66. The van der Waals surface area contributed by atoms with Gasteiger partial charge in [0.15, 0.2) is 0 Å². The molecule has 0 aliphatic carbocycles. The van der Waals surface area contributed by atoms with Gasteiger partial charge in [0, 0.05) is 11.9 Å². The Morgan fingerprint density at radius 1 is 1.53 bits per heavy atom. The minimum absolute atomic E-state index is 0.212. The lowest BCUT2D eigenvalue weighted by molar-refractivity contribution is -0.121. The van der Waals surface area contributed by atoms with Gasteiger partial charge in [-0.2, -0.15) is 0 Å². The predicted molar refractivity (Wildman–Crippen MR) is 53.4 cm³/mol. The third-order valence-corrected chi connectivity index (χ3v) is 1.88. The van der Waals surface area contributed by atoms with Crippen LogP contribution in [-0.2, 0) is 4.79 Å². The smallest absolute Gasteiger partial charge is 0.220 e. The second kappa shape index (κ2) is 4.72. The average Bonchev–Trinajstić information content (AvgIpc) is 2.15. The van der Waals surface area contributed by atoms with Crippen molar-refractivity contribution >= 4 is 11.6 Å². The molecule has 0 bridgehead atoms. The quantitative estimate of drug-likeness (QED) is 0.505. The van der Waals surface area contributed by atoms with Crippen LogP contribution in [0.25, 0.3) is 0 Å². The van der Waals surface area contributed by atoms with E-state index < -0.39 is 18.1 Å². The topological polar surface area (TPSA) is 122 Å². The molecule has 0 spiro atoms. The summed E-state index contributed by atoms with van der Waals surface area (Å²) in [6.07, 6.45) is -1.44. The minimum Gasteiger partial charge on any atom is -0.399 e. The number of carbonyl (C=O) groups is 1. The van der Waals surface area contributed by atoms with Crippen molar-refractivity contribution in [2.75, 3.05) is 5.73 Å². The number of amides is 1. The second-order valence-electron chi connectivity index (χ2n) is 3.20. The minimum atomic E-state index is -1.27. The summed E-state index contributed by atoms with van der Waals surface area (Å²) >= 11 is 0. The van der Waals surface area contributed by atoms with Crippen LogP contribution >= 0.6 is 0 Å². The van der Waals surface area contributed by atoms with E-state index in [2.05, 4.69) is 4.98 Å². The molecular weight excluding hydrogens is 198 g/mol. The van der Waals surface area contributed by atoms with Crippen LogP contribution in [0, 0.1) is 0 Å². The van der Waals surface area contributed by atoms with E-state index >= 15 is 0 Å². The van der Waals surface area contributed by atoms with Crippen molar-refractivity contribution in [2.24, 2.45) is 5.73 Å². The van der Waals surface area contributed by atoms with Crippen LogP contribution in [-0.4, -0.2) is 27.2 Å². The Balaban J connectivity index is 2.75. The molecule has 1 aromatic heterocycles. The molecule has 6 N–H and O–H groups in total. The number of aliphatic hydroxyl groups excluding tert-OH is 2. The summed E-state index contributed by atoms with van der Waals surface area (Å²) in [5, 5.41) is 19.0. The molecule has 6 nitrogen and oxygen atoms in total. The average molecular weight is 211 g/mol. The van der Waals surface area contributed by atoms with Crippen LogP contribution in [0.2, 0.25) is 0 Å². The summed E-state index contributed by atoms with van der Waals surface area (Å²) < 4.78 is 0. The first-order valence-electron chi connectivity index (χ1n) is 4.36. The van der Waals surface area contributed by atoms with E-state index in [1.165, 1.54) is 12.3 Å². The molecular formula is C9H13N3O3. The maximum absolute atomic E-state index is 10.5. The molecule has 0 saturated carbocycles. The molecule has 0 aliphatic heterocycles. The third kappa shape index (κ3) is 3.19. The van der Waals surface area contributed by atoms with Crippen molar-refractivity contribution in [3.05, 3.63) is 24.0 Å². The number of carbonyl (C=O) groups excluding carboxylic acids is 1. The summed E-state index contributed by atoms with van der Waals surface area (Å²) in [4.78, 5) is 14.3. The van der Waals surface area contributed by atoms with Crippen molar-refractivity contribution in [1.29, 1.82) is 0 Å². The highest BCUT2D eigenvalue weighted by molar-refractivity contribution is 5.74. The standard InChI is InChI=1S/C9H13N3O3/c10-5-1-2-12-6(3-5)9(15)7(13)4-8(11)14/h1-3,7,9,13,15H,4H2,(H2,10,12)(H2,11,14). The molecule has 2 atom stereocenters. The Labute approximate surface area is 86.5 Å². The molecule has 0 aliphatic rings. The Morgan fingerprint density at radius 2 is 2.20 bits per heavy atom. The SMILES string of the molecule is NC(=O)CC(O)C(O)c1cc(N)ccn1. The number of primary amides is 1. The number of aliphatic hydroxyl groups is 2. The van der Waals surface area contributed by atoms with Crippen LogP contribution in [0.4, 0.5) is 5.69 Å². The lowest BCUT2D eigenvalue weighted by Gasteiger charge is -2.15. The van der Waals surface area contributed by atoms with Crippen LogP contribution in [0.3, 0.4) is 0 Å². The van der Waals surface area contributed by atoms with Gasteiger partial charge in [-0.3, -0.25) is 9.78 Å². The van der Waals surface area contributed by atoms with Crippen LogP contribution in [0.15, 0.2) is 18.3 Å². The van der Waals surface area contributed by atoms with Crippen molar-refractivity contribution < 1.29 is 15.0 Å². The fourth-order valence-electron chi connectivity index (χ4n) is 1.14. The van der Waals surface area contributed by atoms with Gasteiger partial charge in [-0.15, -0.1) is 0 Å². The predicted octanol–water partition coefficient (Wildman–Crippen LogP) is -1.07. The number of rotatable bonds is 4. The van der Waals surface area contributed by atoms with E-state index in [-0.39, 0.29) is 12.1 Å². The molecule has 82 valence electrons. The van der Waals surface area contributed by atoms with E-state index in [9.17, 15) is 15.0 Å². The molecule has 15 heavy (non-hydrogen) atoms. The largest absolute Gasteiger partial charge is 0.399 e. The monoisotopic (exact) mass is 211 g/mol. The maximum Gasteiger partial charge on any atom is 0.220 e. The van der Waals surface area contributed by atoms with Crippen molar-refractivity contribution in [3.63, 3.8) is 0 Å². The molecule has 1 rings (SSSR count). The molecule has 2 unspecified atom stereocenters. The first-order valence-corrected chi connectivity index (χ1v) is 4.36. The third-order valence-electron chi connectivity index (χ3n) is 1.88. The normalized spacial score (nSPS) is 14.5. The highest BCUT2D eigenvalue weighted by Gasteiger charge is 2.21. The van der Waals surface area contributed by atoms with E-state index in [4.69, 9.17) is 11.5 Å². The van der Waals surface area contributed by atoms with Crippen LogP contribution in [0.1, 0.15) is 18.2 Å². The molecule has 0 aromatic carbocycles. The fraction of sp³-hybridized carbons (Fsp3) is 0.333. The van der Waals surface area contributed by atoms with Crippen LogP contribution < -0.4 is 11.5 Å². The Bertz CT molecular complexity index is 356. The number of hydrogen-bond donors (Lipinski definition) is 4. The fourth-order valence-corrected chi connectivity index (χ4v) is 1.14. The van der Waals surface area contributed by atoms with E-state index in [1.54, 1.807) is 6.07 Å². The lowest BCUT2D eigenvalue weighted by atomic mass is 10.1. The molecule has 6 heteroatoms. The number of pyridine rings is 1. The summed E-state index contributed by atoms with van der Waals surface area (Å²) in [5.74, 6) is -0.689. The molecule has 0 radical (unpaired) electrons. The summed E-state index contributed by atoms with van der Waals surface area (Å²) in [6, 6.07) is 2.98. The summed E-state index contributed by atoms with van der Waals surface area (Å²) in [5.41, 5.74) is 11.0. The zero-order valence-corrected chi connectivity index (χ0v) is 8.00. The first-order chi connectivity index (χ1) is 7.00.